The maximum Gasteiger partial charge on any atom is 0.182 e. The molecule has 0 heterocycles. The Morgan fingerprint density at radius 2 is 1.78 bits per heavy atom. The second-order valence-corrected chi connectivity index (χ2v) is 6.23. The molecule has 0 radical (unpaired) electrons. The van der Waals surface area contributed by atoms with Crippen molar-refractivity contribution in [3.05, 3.63) is 59.7 Å². The predicted octanol–water partition coefficient (Wildman–Crippen LogP) is 2.55. The van der Waals surface area contributed by atoms with Crippen molar-refractivity contribution in [1.82, 2.24) is 0 Å². The predicted molar refractivity (Wildman–Crippen MR) is 72.9 cm³/mol. The molecule has 0 spiro atoms. The summed E-state index contributed by atoms with van der Waals surface area (Å²) in [6.07, 6.45) is 0. The number of aryl methyl sites for hydroxylation is 1. The van der Waals surface area contributed by atoms with E-state index in [2.05, 4.69) is 0 Å². The average molecular weight is 261 g/mol. The van der Waals surface area contributed by atoms with Crippen molar-refractivity contribution in [2.75, 3.05) is 5.73 Å². The van der Waals surface area contributed by atoms with Crippen LogP contribution in [-0.2, 0) is 15.6 Å². The highest BCUT2D eigenvalue weighted by Crippen LogP contribution is 2.20. The minimum Gasteiger partial charge on any atom is -0.399 e. The molecule has 0 amide bonds. The van der Waals surface area contributed by atoms with Crippen LogP contribution in [0.1, 0.15) is 11.1 Å². The summed E-state index contributed by atoms with van der Waals surface area (Å²) in [5, 5.41) is 0. The highest BCUT2D eigenvalue weighted by molar-refractivity contribution is 7.90. The van der Waals surface area contributed by atoms with Crippen LogP contribution in [0.5, 0.6) is 0 Å². The second kappa shape index (κ2) is 4.82. The zero-order chi connectivity index (χ0) is 13.2. The van der Waals surface area contributed by atoms with Gasteiger partial charge < -0.3 is 5.73 Å². The smallest absolute Gasteiger partial charge is 0.182 e. The third kappa shape index (κ3) is 2.71. The van der Waals surface area contributed by atoms with Gasteiger partial charge in [0, 0.05) is 5.69 Å². The molecular formula is C14H15NO2S. The lowest BCUT2D eigenvalue weighted by Crippen LogP contribution is -2.06. The Bertz CT molecular complexity index is 663. The number of rotatable bonds is 3. The lowest BCUT2D eigenvalue weighted by atomic mass is 10.2. The standard InChI is InChI=1S/C14H15NO2S/c1-11-5-2-3-8-14(11)18(16,17)10-12-6-4-7-13(15)9-12/h2-9H,10,15H2,1H3. The molecule has 0 saturated heterocycles. The second-order valence-electron chi connectivity index (χ2n) is 4.27. The molecule has 2 aromatic rings. The molecule has 0 bridgehead atoms. The molecule has 0 unspecified atom stereocenters. The van der Waals surface area contributed by atoms with Crippen molar-refractivity contribution in [2.24, 2.45) is 0 Å². The number of benzene rings is 2. The first kappa shape index (κ1) is 12.6. The van der Waals surface area contributed by atoms with Gasteiger partial charge in [0.1, 0.15) is 0 Å². The van der Waals surface area contributed by atoms with E-state index in [-0.39, 0.29) is 5.75 Å². The van der Waals surface area contributed by atoms with E-state index in [0.717, 1.165) is 5.56 Å². The van der Waals surface area contributed by atoms with Crippen molar-refractivity contribution in [3.63, 3.8) is 0 Å². The maximum absolute atomic E-state index is 12.3. The summed E-state index contributed by atoms with van der Waals surface area (Å²) in [7, 11) is -3.32. The van der Waals surface area contributed by atoms with Gasteiger partial charge in [-0.2, -0.15) is 0 Å². The number of nitrogens with two attached hydrogens (primary N) is 1. The fourth-order valence-electron chi connectivity index (χ4n) is 1.89. The monoisotopic (exact) mass is 261 g/mol. The van der Waals surface area contributed by atoms with Crippen LogP contribution in [0.2, 0.25) is 0 Å². The van der Waals surface area contributed by atoms with Crippen molar-refractivity contribution in [2.45, 2.75) is 17.6 Å². The summed E-state index contributed by atoms with van der Waals surface area (Å²) in [6, 6.07) is 14.0. The molecule has 0 saturated carbocycles. The average Bonchev–Trinajstić information content (AvgIpc) is 2.28. The van der Waals surface area contributed by atoms with Crippen LogP contribution < -0.4 is 5.73 Å². The maximum atomic E-state index is 12.3. The van der Waals surface area contributed by atoms with E-state index in [1.165, 1.54) is 0 Å². The summed E-state index contributed by atoms with van der Waals surface area (Å²) < 4.78 is 24.6. The number of anilines is 1. The molecule has 18 heavy (non-hydrogen) atoms. The first-order chi connectivity index (χ1) is 8.49. The van der Waals surface area contributed by atoms with E-state index in [1.54, 1.807) is 49.4 Å². The Hall–Kier alpha value is -1.81. The van der Waals surface area contributed by atoms with Gasteiger partial charge in [0.25, 0.3) is 0 Å². The van der Waals surface area contributed by atoms with Crippen LogP contribution in [0, 0.1) is 6.92 Å². The van der Waals surface area contributed by atoms with Gasteiger partial charge in [-0.05, 0) is 36.2 Å². The van der Waals surface area contributed by atoms with Gasteiger partial charge in [0.15, 0.2) is 9.84 Å². The molecule has 0 aromatic heterocycles. The molecule has 0 fully saturated rings. The normalized spacial score (nSPS) is 11.4. The van der Waals surface area contributed by atoms with Crippen LogP contribution in [0.15, 0.2) is 53.4 Å². The van der Waals surface area contributed by atoms with Gasteiger partial charge in [-0.3, -0.25) is 0 Å². The minimum absolute atomic E-state index is 0.0249. The number of hydrogen-bond donors (Lipinski definition) is 1. The Morgan fingerprint density at radius 3 is 2.44 bits per heavy atom. The lowest BCUT2D eigenvalue weighted by molar-refractivity contribution is 0.594. The first-order valence-electron chi connectivity index (χ1n) is 5.62. The molecule has 4 heteroatoms. The fourth-order valence-corrected chi connectivity index (χ4v) is 3.50. The molecule has 0 aliphatic carbocycles. The third-order valence-electron chi connectivity index (χ3n) is 2.74. The Labute approximate surface area is 107 Å². The molecule has 94 valence electrons. The Kier molecular flexibility index (Phi) is 3.39. The summed E-state index contributed by atoms with van der Waals surface area (Å²) in [6.45, 7) is 1.80. The van der Waals surface area contributed by atoms with E-state index in [1.807, 2.05) is 6.07 Å². The van der Waals surface area contributed by atoms with E-state index in [4.69, 9.17) is 5.73 Å². The van der Waals surface area contributed by atoms with Crippen molar-refractivity contribution in [1.29, 1.82) is 0 Å². The van der Waals surface area contributed by atoms with Gasteiger partial charge >= 0.3 is 0 Å². The summed E-state index contributed by atoms with van der Waals surface area (Å²) >= 11 is 0. The zero-order valence-electron chi connectivity index (χ0n) is 10.1. The van der Waals surface area contributed by atoms with Gasteiger partial charge in [-0.1, -0.05) is 30.3 Å². The molecule has 0 aliphatic heterocycles. The zero-order valence-corrected chi connectivity index (χ0v) is 10.9. The highest BCUT2D eigenvalue weighted by atomic mass is 32.2. The van der Waals surface area contributed by atoms with Crippen molar-refractivity contribution < 1.29 is 8.42 Å². The van der Waals surface area contributed by atoms with Crippen molar-refractivity contribution >= 4 is 15.5 Å². The molecule has 0 atom stereocenters. The Morgan fingerprint density at radius 1 is 1.06 bits per heavy atom. The fraction of sp³-hybridized carbons (Fsp3) is 0.143. The summed E-state index contributed by atoms with van der Waals surface area (Å²) in [4.78, 5) is 0.382. The Balaban J connectivity index is 2.37. The van der Waals surface area contributed by atoms with E-state index in [0.29, 0.717) is 16.1 Å². The quantitative estimate of drug-likeness (QED) is 0.864. The summed E-state index contributed by atoms with van der Waals surface area (Å²) in [5.74, 6) is -0.0249. The van der Waals surface area contributed by atoms with Crippen LogP contribution in [-0.4, -0.2) is 8.42 Å². The number of nitrogen functional groups attached to an aromatic ring is 1. The van der Waals surface area contributed by atoms with Crippen LogP contribution >= 0.6 is 0 Å². The molecule has 2 N–H and O–H groups in total. The van der Waals surface area contributed by atoms with Crippen LogP contribution in [0.25, 0.3) is 0 Å². The number of hydrogen-bond acceptors (Lipinski definition) is 3. The SMILES string of the molecule is Cc1ccccc1S(=O)(=O)Cc1cccc(N)c1. The first-order valence-corrected chi connectivity index (χ1v) is 7.27. The summed E-state index contributed by atoms with van der Waals surface area (Å²) in [5.41, 5.74) is 7.70. The largest absolute Gasteiger partial charge is 0.399 e. The van der Waals surface area contributed by atoms with Gasteiger partial charge in [-0.15, -0.1) is 0 Å². The third-order valence-corrected chi connectivity index (χ3v) is 4.58. The molecular weight excluding hydrogens is 246 g/mol. The molecule has 3 nitrogen and oxygen atoms in total. The van der Waals surface area contributed by atoms with Gasteiger partial charge in [0.05, 0.1) is 10.6 Å². The van der Waals surface area contributed by atoms with Gasteiger partial charge in [-0.25, -0.2) is 8.42 Å². The minimum atomic E-state index is -3.32. The lowest BCUT2D eigenvalue weighted by Gasteiger charge is -2.08. The van der Waals surface area contributed by atoms with Crippen molar-refractivity contribution in [3.8, 4) is 0 Å². The van der Waals surface area contributed by atoms with E-state index in [9.17, 15) is 8.42 Å². The van der Waals surface area contributed by atoms with E-state index < -0.39 is 9.84 Å². The number of sulfone groups is 1. The van der Waals surface area contributed by atoms with E-state index >= 15 is 0 Å². The van der Waals surface area contributed by atoms with Crippen LogP contribution in [0.4, 0.5) is 5.69 Å². The molecule has 2 rings (SSSR count). The topological polar surface area (TPSA) is 60.2 Å². The van der Waals surface area contributed by atoms with Crippen LogP contribution in [0.3, 0.4) is 0 Å². The molecule has 2 aromatic carbocycles. The molecule has 0 aliphatic rings. The van der Waals surface area contributed by atoms with Gasteiger partial charge in [0.2, 0.25) is 0 Å². The highest BCUT2D eigenvalue weighted by Gasteiger charge is 2.17.